The maximum atomic E-state index is 12.8. The number of amides is 2. The molecule has 8 nitrogen and oxygen atoms in total. The van der Waals surface area contributed by atoms with Gasteiger partial charge in [0.1, 0.15) is 12.6 Å². The molecule has 2 aromatic carbocycles. The van der Waals surface area contributed by atoms with Crippen LogP contribution in [-0.4, -0.2) is 53.5 Å². The second-order valence-electron chi connectivity index (χ2n) is 9.02. The minimum Gasteiger partial charge on any atom is -0.481 e. The second kappa shape index (κ2) is 10.7. The predicted octanol–water partition coefficient (Wildman–Crippen LogP) is 3.04. The maximum Gasteiger partial charge on any atom is 0.407 e. The molecular formula is C26H30N2O6. The molecule has 2 aliphatic carbocycles. The van der Waals surface area contributed by atoms with Crippen LogP contribution in [0.15, 0.2) is 48.5 Å². The molecule has 2 aromatic rings. The number of carbonyl (C=O) groups excluding carboxylic acids is 2. The van der Waals surface area contributed by atoms with Crippen LogP contribution in [0.5, 0.6) is 0 Å². The lowest BCUT2D eigenvalue weighted by atomic mass is 9.98. The van der Waals surface area contributed by atoms with Crippen molar-refractivity contribution in [3.05, 3.63) is 59.7 Å². The molecule has 0 radical (unpaired) electrons. The Hall–Kier alpha value is -3.39. The second-order valence-corrected chi connectivity index (χ2v) is 9.02. The number of carboxylic acids is 1. The third-order valence-electron chi connectivity index (χ3n) is 6.74. The Morgan fingerprint density at radius 1 is 1.00 bits per heavy atom. The predicted molar refractivity (Wildman–Crippen MR) is 125 cm³/mol. The van der Waals surface area contributed by atoms with Crippen molar-refractivity contribution in [2.24, 2.45) is 5.92 Å². The zero-order chi connectivity index (χ0) is 24.1. The average Bonchev–Trinajstić information content (AvgIpc) is 3.42. The Kier molecular flexibility index (Phi) is 7.47. The van der Waals surface area contributed by atoms with E-state index in [0.717, 1.165) is 35.1 Å². The molecule has 8 heteroatoms. The first-order chi connectivity index (χ1) is 16.5. The zero-order valence-electron chi connectivity index (χ0n) is 18.9. The molecule has 0 aliphatic heterocycles. The smallest absolute Gasteiger partial charge is 0.407 e. The van der Waals surface area contributed by atoms with E-state index in [1.807, 2.05) is 48.5 Å². The molecule has 2 aliphatic rings. The highest BCUT2D eigenvalue weighted by Crippen LogP contribution is 2.44. The number of alkyl carbamates (subject to hydrolysis) is 1. The van der Waals surface area contributed by atoms with Gasteiger partial charge in [-0.15, -0.1) is 0 Å². The number of aliphatic carboxylic acids is 1. The Morgan fingerprint density at radius 3 is 2.24 bits per heavy atom. The summed E-state index contributed by atoms with van der Waals surface area (Å²) >= 11 is 0. The van der Waals surface area contributed by atoms with Gasteiger partial charge < -0.3 is 25.6 Å². The molecule has 0 spiro atoms. The molecule has 0 heterocycles. The van der Waals surface area contributed by atoms with Gasteiger partial charge in [0.15, 0.2) is 0 Å². The molecule has 4 N–H and O–H groups in total. The number of carboxylic acid groups (broad SMARTS) is 1. The van der Waals surface area contributed by atoms with Crippen molar-refractivity contribution >= 4 is 18.0 Å². The van der Waals surface area contributed by atoms with E-state index in [0.29, 0.717) is 6.42 Å². The van der Waals surface area contributed by atoms with Crippen LogP contribution in [0, 0.1) is 5.92 Å². The van der Waals surface area contributed by atoms with Crippen molar-refractivity contribution in [3.63, 3.8) is 0 Å². The fourth-order valence-electron chi connectivity index (χ4n) is 4.99. The lowest BCUT2D eigenvalue weighted by Gasteiger charge is -2.21. The van der Waals surface area contributed by atoms with Gasteiger partial charge in [0, 0.05) is 25.0 Å². The Labute approximate surface area is 198 Å². The topological polar surface area (TPSA) is 125 Å². The number of carbonyl (C=O) groups is 3. The van der Waals surface area contributed by atoms with E-state index >= 15 is 0 Å². The minimum atomic E-state index is -1.05. The van der Waals surface area contributed by atoms with Gasteiger partial charge in [-0.1, -0.05) is 48.5 Å². The lowest BCUT2D eigenvalue weighted by molar-refractivity contribution is -0.137. The SMILES string of the molecule is O=C(O)CCC(NC(=O)OCC1c2ccccc2-c2ccccc21)C(=O)N[C@@H]1CC[C@H](CO)C1. The molecule has 0 saturated heterocycles. The highest BCUT2D eigenvalue weighted by atomic mass is 16.5. The molecule has 1 saturated carbocycles. The van der Waals surface area contributed by atoms with E-state index in [9.17, 15) is 19.5 Å². The summed E-state index contributed by atoms with van der Waals surface area (Å²) in [7, 11) is 0. The van der Waals surface area contributed by atoms with Gasteiger partial charge in [0.25, 0.3) is 0 Å². The van der Waals surface area contributed by atoms with Crippen molar-refractivity contribution < 1.29 is 29.3 Å². The van der Waals surface area contributed by atoms with E-state index in [1.54, 1.807) is 0 Å². The van der Waals surface area contributed by atoms with Crippen LogP contribution < -0.4 is 10.6 Å². The van der Waals surface area contributed by atoms with Gasteiger partial charge in [-0.25, -0.2) is 4.79 Å². The van der Waals surface area contributed by atoms with Crippen molar-refractivity contribution in [1.82, 2.24) is 10.6 Å². The molecule has 1 fully saturated rings. The monoisotopic (exact) mass is 466 g/mol. The van der Waals surface area contributed by atoms with Crippen molar-refractivity contribution in [2.45, 2.75) is 50.1 Å². The van der Waals surface area contributed by atoms with Gasteiger partial charge in [-0.2, -0.15) is 0 Å². The summed E-state index contributed by atoms with van der Waals surface area (Å²) in [6, 6.07) is 14.9. The number of benzene rings is 2. The highest BCUT2D eigenvalue weighted by Gasteiger charge is 2.31. The number of aliphatic hydroxyl groups is 1. The van der Waals surface area contributed by atoms with Gasteiger partial charge in [-0.3, -0.25) is 9.59 Å². The molecule has 1 unspecified atom stereocenters. The number of ether oxygens (including phenoxy) is 1. The van der Waals surface area contributed by atoms with Crippen LogP contribution in [0.25, 0.3) is 11.1 Å². The highest BCUT2D eigenvalue weighted by molar-refractivity contribution is 5.86. The van der Waals surface area contributed by atoms with E-state index < -0.39 is 24.0 Å². The molecule has 0 bridgehead atoms. The number of nitrogens with one attached hydrogen (secondary N) is 2. The summed E-state index contributed by atoms with van der Waals surface area (Å²) in [5, 5.41) is 23.8. The summed E-state index contributed by atoms with van der Waals surface area (Å²) in [5.74, 6) is -1.44. The Bertz CT molecular complexity index is 1010. The summed E-state index contributed by atoms with van der Waals surface area (Å²) in [6.45, 7) is 0.181. The van der Waals surface area contributed by atoms with Crippen LogP contribution in [0.3, 0.4) is 0 Å². The Morgan fingerprint density at radius 2 is 1.65 bits per heavy atom. The molecular weight excluding hydrogens is 436 g/mol. The normalized spacial score (nSPS) is 19.7. The number of hydrogen-bond acceptors (Lipinski definition) is 5. The van der Waals surface area contributed by atoms with Gasteiger partial charge >= 0.3 is 12.1 Å². The molecule has 180 valence electrons. The fourth-order valence-corrected chi connectivity index (χ4v) is 4.99. The Balaban J connectivity index is 1.38. The van der Waals surface area contributed by atoms with Gasteiger partial charge in [0.05, 0.1) is 0 Å². The quantitative estimate of drug-likeness (QED) is 0.450. The molecule has 0 aromatic heterocycles. The van der Waals surface area contributed by atoms with Crippen LogP contribution >= 0.6 is 0 Å². The van der Waals surface area contributed by atoms with Crippen molar-refractivity contribution in [1.29, 1.82) is 0 Å². The lowest BCUT2D eigenvalue weighted by Crippen LogP contribution is -2.49. The van der Waals surface area contributed by atoms with E-state index in [-0.39, 0.29) is 43.9 Å². The fraction of sp³-hybridized carbons (Fsp3) is 0.423. The van der Waals surface area contributed by atoms with Crippen molar-refractivity contribution in [2.75, 3.05) is 13.2 Å². The summed E-state index contributed by atoms with van der Waals surface area (Å²) in [4.78, 5) is 36.5. The number of rotatable bonds is 9. The average molecular weight is 467 g/mol. The third-order valence-corrected chi connectivity index (χ3v) is 6.74. The largest absolute Gasteiger partial charge is 0.481 e. The number of aliphatic hydroxyl groups excluding tert-OH is 1. The first kappa shape index (κ1) is 23.8. The minimum absolute atomic E-state index is 0.0402. The molecule has 2 amide bonds. The standard InChI is InChI=1S/C26H30N2O6/c29-14-16-9-10-17(13-16)27-25(32)23(11-12-24(30)31)28-26(33)34-15-22-20-7-3-1-5-18(20)19-6-2-4-8-21(19)22/h1-8,16-17,22-23,29H,9-15H2,(H,27,32)(H,28,33)(H,30,31)/t16-,17+,23?/m0/s1. The van der Waals surface area contributed by atoms with E-state index in [4.69, 9.17) is 9.84 Å². The first-order valence-corrected chi connectivity index (χ1v) is 11.7. The molecule has 34 heavy (non-hydrogen) atoms. The molecule has 4 rings (SSSR count). The third kappa shape index (κ3) is 5.39. The van der Waals surface area contributed by atoms with Crippen LogP contribution in [0.4, 0.5) is 4.79 Å². The van der Waals surface area contributed by atoms with E-state index in [2.05, 4.69) is 10.6 Å². The van der Waals surface area contributed by atoms with Crippen LogP contribution in [0.1, 0.15) is 49.1 Å². The zero-order valence-corrected chi connectivity index (χ0v) is 18.9. The summed E-state index contributed by atoms with van der Waals surface area (Å²) in [5.41, 5.74) is 4.39. The molecule has 3 atom stereocenters. The van der Waals surface area contributed by atoms with Crippen molar-refractivity contribution in [3.8, 4) is 11.1 Å². The van der Waals surface area contributed by atoms with Gasteiger partial charge in [-0.05, 0) is 53.9 Å². The summed E-state index contributed by atoms with van der Waals surface area (Å²) in [6.07, 6.45) is 1.17. The van der Waals surface area contributed by atoms with Crippen LogP contribution in [0.2, 0.25) is 0 Å². The van der Waals surface area contributed by atoms with E-state index in [1.165, 1.54) is 0 Å². The first-order valence-electron chi connectivity index (χ1n) is 11.7. The summed E-state index contributed by atoms with van der Waals surface area (Å²) < 4.78 is 5.52. The number of hydrogen-bond donors (Lipinski definition) is 4. The maximum absolute atomic E-state index is 12.8. The number of fused-ring (bicyclic) bond motifs is 3. The van der Waals surface area contributed by atoms with Crippen LogP contribution in [-0.2, 0) is 14.3 Å². The van der Waals surface area contributed by atoms with Gasteiger partial charge in [0.2, 0.25) is 5.91 Å².